The van der Waals surface area contributed by atoms with Gasteiger partial charge >= 0.3 is 5.97 Å². The van der Waals surface area contributed by atoms with Gasteiger partial charge in [-0.2, -0.15) is 0 Å². The molecule has 1 aliphatic rings. The number of nitrogens with one attached hydrogen (secondary N) is 1. The third kappa shape index (κ3) is 0.627. The summed E-state index contributed by atoms with van der Waals surface area (Å²) >= 11 is 0. The molecule has 0 aromatic rings. The predicted molar refractivity (Wildman–Crippen MR) is 33.0 cm³/mol. The van der Waals surface area contributed by atoms with E-state index in [0.717, 1.165) is 0 Å². The Morgan fingerprint density at radius 2 is 2.50 bits per heavy atom. The second kappa shape index (κ2) is 1.85. The van der Waals surface area contributed by atoms with Crippen LogP contribution in [0.1, 0.15) is 6.92 Å². The molecule has 0 spiro atoms. The quantitative estimate of drug-likeness (QED) is 0.478. The smallest absolute Gasteiger partial charge is 0.317 e. The van der Waals surface area contributed by atoms with E-state index in [-0.39, 0.29) is 5.70 Å². The summed E-state index contributed by atoms with van der Waals surface area (Å²) in [6, 6.07) is 0. The van der Waals surface area contributed by atoms with Gasteiger partial charge in [-0.15, -0.1) is 0 Å². The molecule has 4 heteroatoms. The highest BCUT2D eigenvalue weighted by atomic mass is 16.4. The van der Waals surface area contributed by atoms with Gasteiger partial charge in [0, 0.05) is 6.54 Å². The molecule has 1 fully saturated rings. The van der Waals surface area contributed by atoms with E-state index in [0.29, 0.717) is 6.54 Å². The number of rotatable bonds is 1. The van der Waals surface area contributed by atoms with Crippen LogP contribution in [0.15, 0.2) is 5.70 Å². The van der Waals surface area contributed by atoms with Crippen molar-refractivity contribution in [2.45, 2.75) is 6.92 Å². The van der Waals surface area contributed by atoms with Crippen LogP contribution in [0, 0.1) is 5.41 Å². The standard InChI is InChI=1S/C6H7NO3/c1-6(5(9)10)3-7-4(6)2-8/h7H,3H2,1H3,(H,9,10). The first-order valence-corrected chi connectivity index (χ1v) is 2.84. The van der Waals surface area contributed by atoms with Crippen LogP contribution >= 0.6 is 0 Å². The number of carbonyl (C=O) groups is 1. The first kappa shape index (κ1) is 6.83. The Labute approximate surface area is 57.5 Å². The SMILES string of the molecule is CC1(C(=O)O)CNC1=C=O. The lowest BCUT2D eigenvalue weighted by atomic mass is 9.81. The molecule has 0 amide bonds. The molecule has 1 heterocycles. The Balaban J connectivity index is 2.91. The zero-order chi connectivity index (χ0) is 7.78. The molecule has 0 bridgehead atoms. The van der Waals surface area contributed by atoms with Gasteiger partial charge in [-0.25, -0.2) is 4.79 Å². The van der Waals surface area contributed by atoms with Crippen molar-refractivity contribution >= 4 is 11.9 Å². The fourth-order valence-corrected chi connectivity index (χ4v) is 0.773. The Bertz CT molecular complexity index is 229. The molecule has 0 aromatic carbocycles. The summed E-state index contributed by atoms with van der Waals surface area (Å²) in [6.45, 7) is 1.80. The third-order valence-corrected chi connectivity index (χ3v) is 1.74. The van der Waals surface area contributed by atoms with Gasteiger partial charge in [0.05, 0.1) is 0 Å². The average Bonchev–Trinajstić information content (AvgIpc) is 1.85. The molecule has 10 heavy (non-hydrogen) atoms. The predicted octanol–water partition coefficient (Wildman–Crippen LogP) is -0.604. The fraction of sp³-hybridized carbons (Fsp3) is 0.500. The molecule has 1 unspecified atom stereocenters. The number of aliphatic carboxylic acids is 1. The van der Waals surface area contributed by atoms with E-state index in [1.54, 1.807) is 5.94 Å². The molecule has 4 nitrogen and oxygen atoms in total. The maximum absolute atomic E-state index is 10.4. The van der Waals surface area contributed by atoms with Gasteiger partial charge < -0.3 is 10.4 Å². The van der Waals surface area contributed by atoms with E-state index in [1.165, 1.54) is 6.92 Å². The first-order chi connectivity index (χ1) is 4.61. The van der Waals surface area contributed by atoms with Crippen LogP contribution in [-0.4, -0.2) is 23.6 Å². The molecule has 1 atom stereocenters. The van der Waals surface area contributed by atoms with E-state index < -0.39 is 11.4 Å². The van der Waals surface area contributed by atoms with Crippen molar-refractivity contribution in [1.29, 1.82) is 0 Å². The summed E-state index contributed by atoms with van der Waals surface area (Å²) in [6.07, 6.45) is 0. The highest BCUT2D eigenvalue weighted by molar-refractivity contribution is 5.84. The van der Waals surface area contributed by atoms with Gasteiger partial charge in [-0.1, -0.05) is 0 Å². The summed E-state index contributed by atoms with van der Waals surface area (Å²) in [7, 11) is 0. The molecular formula is C6H7NO3. The minimum Gasteiger partial charge on any atom is -0.480 e. The summed E-state index contributed by atoms with van der Waals surface area (Å²) in [5.74, 6) is 0.566. The third-order valence-electron chi connectivity index (χ3n) is 1.74. The molecule has 0 aliphatic carbocycles. The van der Waals surface area contributed by atoms with Crippen LogP contribution in [0.25, 0.3) is 0 Å². The Morgan fingerprint density at radius 1 is 1.90 bits per heavy atom. The van der Waals surface area contributed by atoms with E-state index in [9.17, 15) is 9.59 Å². The Kier molecular flexibility index (Phi) is 1.27. The number of hydrogen-bond donors (Lipinski definition) is 2. The maximum atomic E-state index is 10.4. The van der Waals surface area contributed by atoms with Crippen LogP contribution < -0.4 is 5.32 Å². The van der Waals surface area contributed by atoms with E-state index in [4.69, 9.17) is 5.11 Å². The van der Waals surface area contributed by atoms with Crippen molar-refractivity contribution in [3.63, 3.8) is 0 Å². The zero-order valence-corrected chi connectivity index (χ0v) is 5.47. The molecule has 0 saturated carbocycles. The van der Waals surface area contributed by atoms with Gasteiger partial charge in [0.2, 0.25) is 0 Å². The second-order valence-corrected chi connectivity index (χ2v) is 2.47. The monoisotopic (exact) mass is 141 g/mol. The topological polar surface area (TPSA) is 66.4 Å². The van der Waals surface area contributed by atoms with Crippen LogP contribution in [0.3, 0.4) is 0 Å². The van der Waals surface area contributed by atoms with Crippen LogP contribution in [0.5, 0.6) is 0 Å². The Morgan fingerprint density at radius 3 is 2.60 bits per heavy atom. The van der Waals surface area contributed by atoms with Crippen molar-refractivity contribution in [3.8, 4) is 0 Å². The largest absolute Gasteiger partial charge is 0.480 e. The van der Waals surface area contributed by atoms with Crippen molar-refractivity contribution in [2.24, 2.45) is 5.41 Å². The molecule has 0 aromatic heterocycles. The molecule has 1 rings (SSSR count). The van der Waals surface area contributed by atoms with Crippen LogP contribution in [0.4, 0.5) is 0 Å². The number of carboxylic acid groups (broad SMARTS) is 1. The van der Waals surface area contributed by atoms with Crippen molar-refractivity contribution in [2.75, 3.05) is 6.54 Å². The fourth-order valence-electron chi connectivity index (χ4n) is 0.773. The molecule has 1 saturated heterocycles. The molecular weight excluding hydrogens is 134 g/mol. The molecule has 1 aliphatic heterocycles. The average molecular weight is 141 g/mol. The van der Waals surface area contributed by atoms with Crippen molar-refractivity contribution < 1.29 is 14.7 Å². The number of carbonyl (C=O) groups excluding carboxylic acids is 1. The summed E-state index contributed by atoms with van der Waals surface area (Å²) < 4.78 is 0. The van der Waals surface area contributed by atoms with Gasteiger partial charge in [0.15, 0.2) is 0 Å². The molecule has 0 radical (unpaired) electrons. The van der Waals surface area contributed by atoms with E-state index >= 15 is 0 Å². The zero-order valence-electron chi connectivity index (χ0n) is 5.47. The Hall–Kier alpha value is -1.28. The minimum absolute atomic E-state index is 0.139. The summed E-state index contributed by atoms with van der Waals surface area (Å²) in [5, 5.41) is 11.1. The van der Waals surface area contributed by atoms with E-state index in [2.05, 4.69) is 5.32 Å². The second-order valence-electron chi connectivity index (χ2n) is 2.47. The van der Waals surface area contributed by atoms with Crippen LogP contribution in [-0.2, 0) is 9.59 Å². The number of hydrogen-bond acceptors (Lipinski definition) is 3. The first-order valence-electron chi connectivity index (χ1n) is 2.84. The van der Waals surface area contributed by atoms with Gasteiger partial charge in [0.1, 0.15) is 17.1 Å². The van der Waals surface area contributed by atoms with Gasteiger partial charge in [-0.3, -0.25) is 4.79 Å². The van der Waals surface area contributed by atoms with E-state index in [1.807, 2.05) is 0 Å². The summed E-state index contributed by atoms with van der Waals surface area (Å²) in [4.78, 5) is 20.5. The van der Waals surface area contributed by atoms with Crippen molar-refractivity contribution in [1.82, 2.24) is 5.32 Å². The van der Waals surface area contributed by atoms with Gasteiger partial charge in [0.25, 0.3) is 0 Å². The lowest BCUT2D eigenvalue weighted by molar-refractivity contribution is -0.147. The van der Waals surface area contributed by atoms with Gasteiger partial charge in [-0.05, 0) is 6.92 Å². The molecule has 54 valence electrons. The van der Waals surface area contributed by atoms with Crippen molar-refractivity contribution in [3.05, 3.63) is 5.70 Å². The highest BCUT2D eigenvalue weighted by Gasteiger charge is 2.46. The van der Waals surface area contributed by atoms with Crippen LogP contribution in [0.2, 0.25) is 0 Å². The lowest BCUT2D eigenvalue weighted by Crippen LogP contribution is -2.54. The minimum atomic E-state index is -1.01. The summed E-state index contributed by atoms with van der Waals surface area (Å²) in [5.41, 5.74) is -0.873. The lowest BCUT2D eigenvalue weighted by Gasteiger charge is -2.35. The number of carboxylic acids is 1. The highest BCUT2D eigenvalue weighted by Crippen LogP contribution is 2.30. The normalized spacial score (nSPS) is 29.9. The molecule has 2 N–H and O–H groups in total. The maximum Gasteiger partial charge on any atom is 0.317 e.